The molecule has 0 radical (unpaired) electrons. The second-order valence-electron chi connectivity index (χ2n) is 3.15. The van der Waals surface area contributed by atoms with E-state index in [0.29, 0.717) is 9.87 Å². The van der Waals surface area contributed by atoms with E-state index in [1.165, 1.54) is 12.3 Å². The van der Waals surface area contributed by atoms with Crippen molar-refractivity contribution >= 4 is 17.6 Å². The van der Waals surface area contributed by atoms with Crippen molar-refractivity contribution in [2.75, 3.05) is 6.61 Å². The lowest BCUT2D eigenvalue weighted by Gasteiger charge is -1.97. The van der Waals surface area contributed by atoms with Crippen LogP contribution in [0.1, 0.15) is 0 Å². The first kappa shape index (κ1) is 12.1. The van der Waals surface area contributed by atoms with Crippen LogP contribution < -0.4 is 4.74 Å². The van der Waals surface area contributed by atoms with Crippen LogP contribution in [-0.4, -0.2) is 42.8 Å². The van der Waals surface area contributed by atoms with E-state index < -0.39 is 12.6 Å². The van der Waals surface area contributed by atoms with Crippen molar-refractivity contribution < 1.29 is 19.8 Å². The van der Waals surface area contributed by atoms with Gasteiger partial charge in [-0.25, -0.2) is 4.79 Å². The van der Waals surface area contributed by atoms with E-state index in [1.807, 2.05) is 0 Å². The molecule has 0 aliphatic heterocycles. The Balaban J connectivity index is 2.26. The topological polar surface area (TPSA) is 110 Å². The summed E-state index contributed by atoms with van der Waals surface area (Å²) in [5.74, 6) is -1.18. The fourth-order valence-electron chi connectivity index (χ4n) is 1.16. The molecule has 8 nitrogen and oxygen atoms in total. The van der Waals surface area contributed by atoms with Gasteiger partial charge in [0.1, 0.15) is 5.69 Å². The average Bonchev–Trinajstić information content (AvgIpc) is 2.68. The summed E-state index contributed by atoms with van der Waals surface area (Å²) in [5, 5.41) is 21.8. The van der Waals surface area contributed by atoms with Gasteiger partial charge in [-0.05, 0) is 12.1 Å². The number of carboxylic acid groups (broad SMARTS) is 1. The molecule has 2 aromatic rings. The standard InChI is InChI=1S/C9H7ClN4O4/c10-5-1-2-11-6(3-5)8-12-9(13-14(8)17)18-4-7(15)16/h1-3,17H,4H2,(H,15,16). The molecule has 0 saturated heterocycles. The lowest BCUT2D eigenvalue weighted by atomic mass is 10.3. The highest BCUT2D eigenvalue weighted by Gasteiger charge is 2.14. The number of nitrogens with zero attached hydrogens (tertiary/aromatic N) is 4. The van der Waals surface area contributed by atoms with Gasteiger partial charge in [0.2, 0.25) is 5.82 Å². The molecule has 0 aliphatic carbocycles. The minimum Gasteiger partial charge on any atom is -0.479 e. The molecule has 0 unspecified atom stereocenters. The Hall–Kier alpha value is -2.35. The molecule has 0 atom stereocenters. The largest absolute Gasteiger partial charge is 0.479 e. The monoisotopic (exact) mass is 270 g/mol. The number of carbonyl (C=O) groups is 1. The molecule has 0 amide bonds. The van der Waals surface area contributed by atoms with Crippen LogP contribution in [0.15, 0.2) is 18.3 Å². The second-order valence-corrected chi connectivity index (χ2v) is 3.59. The molecule has 0 spiro atoms. The number of hydrogen-bond acceptors (Lipinski definition) is 6. The maximum Gasteiger partial charge on any atom is 0.341 e. The zero-order valence-electron chi connectivity index (χ0n) is 8.82. The predicted molar refractivity (Wildman–Crippen MR) is 58.6 cm³/mol. The number of aliphatic carboxylic acids is 1. The van der Waals surface area contributed by atoms with Gasteiger partial charge in [-0.1, -0.05) is 21.5 Å². The highest BCUT2D eigenvalue weighted by molar-refractivity contribution is 6.30. The summed E-state index contributed by atoms with van der Waals surface area (Å²) in [4.78, 5) is 18.5. The highest BCUT2D eigenvalue weighted by Crippen LogP contribution is 2.19. The Bertz CT molecular complexity index is 586. The van der Waals surface area contributed by atoms with Gasteiger partial charge in [0.25, 0.3) is 0 Å². The van der Waals surface area contributed by atoms with Crippen LogP contribution in [0.5, 0.6) is 6.01 Å². The zero-order valence-corrected chi connectivity index (χ0v) is 9.57. The maximum atomic E-state index is 10.3. The molecule has 2 aromatic heterocycles. The van der Waals surface area contributed by atoms with Crippen LogP contribution in [-0.2, 0) is 4.79 Å². The molecule has 0 fully saturated rings. The van der Waals surface area contributed by atoms with Crippen molar-refractivity contribution in [2.45, 2.75) is 0 Å². The number of rotatable bonds is 4. The SMILES string of the molecule is O=C(O)COc1nc(-c2cc(Cl)ccn2)n(O)n1. The van der Waals surface area contributed by atoms with Crippen LogP contribution >= 0.6 is 11.6 Å². The zero-order chi connectivity index (χ0) is 13.1. The van der Waals surface area contributed by atoms with Crippen LogP contribution in [0.4, 0.5) is 0 Å². The van der Waals surface area contributed by atoms with E-state index in [1.54, 1.807) is 6.07 Å². The Labute approximate surface area is 105 Å². The minimum absolute atomic E-state index is 0.00195. The molecule has 0 aromatic carbocycles. The summed E-state index contributed by atoms with van der Waals surface area (Å²) in [7, 11) is 0. The molecule has 0 saturated carbocycles. The van der Waals surface area contributed by atoms with E-state index in [-0.39, 0.29) is 17.5 Å². The summed E-state index contributed by atoms with van der Waals surface area (Å²) in [6.07, 6.45) is 1.43. The number of pyridine rings is 1. The lowest BCUT2D eigenvalue weighted by molar-refractivity contribution is -0.139. The molecule has 94 valence electrons. The maximum absolute atomic E-state index is 10.3. The van der Waals surface area contributed by atoms with Crippen LogP contribution in [0.25, 0.3) is 11.5 Å². The summed E-state index contributed by atoms with van der Waals surface area (Å²) in [6, 6.07) is 2.77. The summed E-state index contributed by atoms with van der Waals surface area (Å²) >= 11 is 5.77. The van der Waals surface area contributed by atoms with Gasteiger partial charge in [0.15, 0.2) is 6.61 Å². The fraction of sp³-hybridized carbons (Fsp3) is 0.111. The number of ether oxygens (including phenoxy) is 1. The van der Waals surface area contributed by atoms with E-state index in [0.717, 1.165) is 0 Å². The van der Waals surface area contributed by atoms with E-state index >= 15 is 0 Å². The highest BCUT2D eigenvalue weighted by atomic mass is 35.5. The van der Waals surface area contributed by atoms with E-state index in [4.69, 9.17) is 21.4 Å². The number of carboxylic acids is 1. The number of hydrogen-bond donors (Lipinski definition) is 2. The molecule has 2 N–H and O–H groups in total. The first-order valence-electron chi connectivity index (χ1n) is 4.69. The van der Waals surface area contributed by atoms with Gasteiger partial charge in [0.05, 0.1) is 0 Å². The van der Waals surface area contributed by atoms with Crippen molar-refractivity contribution in [3.05, 3.63) is 23.4 Å². The third kappa shape index (κ3) is 2.66. The van der Waals surface area contributed by atoms with E-state index in [9.17, 15) is 10.0 Å². The lowest BCUT2D eigenvalue weighted by Crippen LogP contribution is -2.10. The van der Waals surface area contributed by atoms with E-state index in [2.05, 4.69) is 15.1 Å². The Morgan fingerprint density at radius 3 is 3.00 bits per heavy atom. The fourth-order valence-corrected chi connectivity index (χ4v) is 1.32. The predicted octanol–water partition coefficient (Wildman–Crippen LogP) is 0.694. The third-order valence-corrected chi connectivity index (χ3v) is 2.08. The van der Waals surface area contributed by atoms with Gasteiger partial charge in [-0.2, -0.15) is 4.98 Å². The van der Waals surface area contributed by atoms with Gasteiger partial charge >= 0.3 is 12.0 Å². The Morgan fingerprint density at radius 1 is 1.56 bits per heavy atom. The van der Waals surface area contributed by atoms with Crippen molar-refractivity contribution in [2.24, 2.45) is 0 Å². The molecule has 2 heterocycles. The quantitative estimate of drug-likeness (QED) is 0.787. The molecule has 0 aliphatic rings. The summed E-state index contributed by atoms with van der Waals surface area (Å²) < 4.78 is 4.72. The van der Waals surface area contributed by atoms with Gasteiger partial charge in [-0.3, -0.25) is 4.98 Å². The molecule has 2 rings (SSSR count). The average molecular weight is 271 g/mol. The number of aromatic nitrogens is 4. The van der Waals surface area contributed by atoms with Gasteiger partial charge in [-0.15, -0.1) is 0 Å². The van der Waals surface area contributed by atoms with Crippen LogP contribution in [0.3, 0.4) is 0 Å². The smallest absolute Gasteiger partial charge is 0.341 e. The first-order chi connectivity index (χ1) is 8.56. The van der Waals surface area contributed by atoms with Crippen molar-refractivity contribution in [3.8, 4) is 17.5 Å². The van der Waals surface area contributed by atoms with Crippen molar-refractivity contribution in [1.82, 2.24) is 19.9 Å². The first-order valence-corrected chi connectivity index (χ1v) is 5.07. The summed E-state index contributed by atoms with van der Waals surface area (Å²) in [6.45, 7) is -0.605. The van der Waals surface area contributed by atoms with Crippen molar-refractivity contribution in [1.29, 1.82) is 0 Å². The summed E-state index contributed by atoms with van der Waals surface area (Å²) in [5.41, 5.74) is 0.280. The molecule has 9 heteroatoms. The van der Waals surface area contributed by atoms with Crippen LogP contribution in [0, 0.1) is 0 Å². The number of halogens is 1. The molecular weight excluding hydrogens is 264 g/mol. The molecule has 18 heavy (non-hydrogen) atoms. The minimum atomic E-state index is -1.17. The van der Waals surface area contributed by atoms with Crippen LogP contribution in [0.2, 0.25) is 5.02 Å². The van der Waals surface area contributed by atoms with Gasteiger partial charge < -0.3 is 15.1 Å². The molecular formula is C9H7ClN4O4. The Morgan fingerprint density at radius 2 is 2.33 bits per heavy atom. The third-order valence-electron chi connectivity index (χ3n) is 1.85. The Kier molecular flexibility index (Phi) is 3.28. The molecule has 0 bridgehead atoms. The normalized spacial score (nSPS) is 10.3. The second kappa shape index (κ2) is 4.88. The van der Waals surface area contributed by atoms with Crippen molar-refractivity contribution in [3.63, 3.8) is 0 Å². The van der Waals surface area contributed by atoms with Gasteiger partial charge in [0, 0.05) is 11.2 Å².